The molecule has 3 heterocycles. The summed E-state index contributed by atoms with van der Waals surface area (Å²) in [6.07, 6.45) is 0.938. The van der Waals surface area contributed by atoms with Gasteiger partial charge in [0.2, 0.25) is 17.8 Å². The standard InChI is InChI=1S/C24H20F4N4O2/c1-12-8-18-20(22(26)30-12)17-9-15(25)10-29-21(17)13(2)23(34)32(18)11-19(33)31-16-6-4-14(5-7-16)24(3,27)28/h4-10,13H,11H2,1-3H3,(H,31,33). The summed E-state index contributed by atoms with van der Waals surface area (Å²) in [6.45, 7) is 3.32. The quantitative estimate of drug-likeness (QED) is 0.432. The van der Waals surface area contributed by atoms with Crippen LogP contribution in [0.5, 0.6) is 0 Å². The molecule has 1 aromatic carbocycles. The van der Waals surface area contributed by atoms with E-state index in [2.05, 4.69) is 15.3 Å². The number of amides is 2. The number of hydrogen-bond acceptors (Lipinski definition) is 4. The third kappa shape index (κ3) is 4.35. The molecule has 1 N–H and O–H groups in total. The lowest BCUT2D eigenvalue weighted by atomic mass is 9.98. The average Bonchev–Trinajstić information content (AvgIpc) is 2.83. The number of fused-ring (bicyclic) bond motifs is 3. The van der Waals surface area contributed by atoms with Gasteiger partial charge in [0.15, 0.2) is 0 Å². The Hall–Kier alpha value is -3.82. The van der Waals surface area contributed by atoms with Crippen molar-refractivity contribution in [1.29, 1.82) is 0 Å². The number of nitrogens with one attached hydrogen (secondary N) is 1. The van der Waals surface area contributed by atoms with E-state index in [1.807, 2.05) is 0 Å². The minimum absolute atomic E-state index is 0.0594. The molecule has 4 rings (SSSR count). The van der Waals surface area contributed by atoms with Crippen LogP contribution in [-0.4, -0.2) is 28.3 Å². The number of rotatable bonds is 4. The number of nitrogens with zero attached hydrogens (tertiary/aromatic N) is 3. The van der Waals surface area contributed by atoms with Crippen molar-refractivity contribution in [2.24, 2.45) is 0 Å². The fraction of sp³-hybridized carbons (Fsp3) is 0.250. The van der Waals surface area contributed by atoms with Gasteiger partial charge >= 0.3 is 0 Å². The van der Waals surface area contributed by atoms with Crippen LogP contribution in [0.25, 0.3) is 11.1 Å². The third-order valence-electron chi connectivity index (χ3n) is 5.55. The van der Waals surface area contributed by atoms with Crippen molar-refractivity contribution < 1.29 is 27.2 Å². The monoisotopic (exact) mass is 472 g/mol. The molecule has 0 bridgehead atoms. The first kappa shape index (κ1) is 23.3. The van der Waals surface area contributed by atoms with E-state index in [1.165, 1.54) is 44.2 Å². The van der Waals surface area contributed by atoms with Gasteiger partial charge in [-0.1, -0.05) is 12.1 Å². The highest BCUT2D eigenvalue weighted by atomic mass is 19.3. The molecule has 1 aliphatic heterocycles. The number of halogens is 4. The fourth-order valence-electron chi connectivity index (χ4n) is 3.90. The highest BCUT2D eigenvalue weighted by Gasteiger charge is 2.36. The predicted octanol–water partition coefficient (Wildman–Crippen LogP) is 4.93. The molecule has 1 atom stereocenters. The summed E-state index contributed by atoms with van der Waals surface area (Å²) in [5.74, 6) is -6.74. The van der Waals surface area contributed by atoms with E-state index in [0.717, 1.165) is 24.1 Å². The van der Waals surface area contributed by atoms with Crippen LogP contribution in [0.3, 0.4) is 0 Å². The van der Waals surface area contributed by atoms with Gasteiger partial charge in [-0.25, -0.2) is 18.2 Å². The summed E-state index contributed by atoms with van der Waals surface area (Å²) < 4.78 is 55.8. The number of carbonyl (C=O) groups is 2. The zero-order valence-corrected chi connectivity index (χ0v) is 18.5. The highest BCUT2D eigenvalue weighted by Crippen LogP contribution is 2.41. The summed E-state index contributed by atoms with van der Waals surface area (Å²) in [5, 5.41) is 2.55. The molecular weight excluding hydrogens is 452 g/mol. The number of aromatic nitrogens is 2. The lowest BCUT2D eigenvalue weighted by Crippen LogP contribution is -2.40. The van der Waals surface area contributed by atoms with Gasteiger partial charge in [0.1, 0.15) is 12.4 Å². The first-order chi connectivity index (χ1) is 16.0. The molecule has 0 saturated heterocycles. The van der Waals surface area contributed by atoms with Gasteiger partial charge in [-0.15, -0.1) is 0 Å². The molecule has 1 unspecified atom stereocenters. The van der Waals surface area contributed by atoms with Crippen molar-refractivity contribution in [2.45, 2.75) is 32.6 Å². The van der Waals surface area contributed by atoms with Crippen molar-refractivity contribution in [3.63, 3.8) is 0 Å². The van der Waals surface area contributed by atoms with Gasteiger partial charge in [0, 0.05) is 29.4 Å². The number of benzene rings is 1. The SMILES string of the molecule is Cc1cc2c(c(F)n1)-c1cc(F)cnc1C(C)C(=O)N2CC(=O)Nc1ccc(C(C)(F)F)cc1. The summed E-state index contributed by atoms with van der Waals surface area (Å²) in [6, 6.07) is 7.54. The average molecular weight is 472 g/mol. The lowest BCUT2D eigenvalue weighted by molar-refractivity contribution is -0.122. The van der Waals surface area contributed by atoms with E-state index >= 15 is 4.39 Å². The van der Waals surface area contributed by atoms with Crippen molar-refractivity contribution in [2.75, 3.05) is 16.8 Å². The van der Waals surface area contributed by atoms with Gasteiger partial charge in [0.05, 0.1) is 29.1 Å². The van der Waals surface area contributed by atoms with E-state index in [9.17, 15) is 22.8 Å². The van der Waals surface area contributed by atoms with E-state index in [4.69, 9.17) is 0 Å². The zero-order chi connectivity index (χ0) is 24.8. The van der Waals surface area contributed by atoms with Crippen LogP contribution in [0, 0.1) is 18.7 Å². The van der Waals surface area contributed by atoms with Crippen LogP contribution >= 0.6 is 0 Å². The second-order valence-corrected chi connectivity index (χ2v) is 8.19. The largest absolute Gasteiger partial charge is 0.325 e. The highest BCUT2D eigenvalue weighted by molar-refractivity contribution is 6.09. The Kier molecular flexibility index (Phi) is 5.84. The number of carbonyl (C=O) groups excluding carboxylic acids is 2. The van der Waals surface area contributed by atoms with E-state index in [1.54, 1.807) is 0 Å². The molecule has 34 heavy (non-hydrogen) atoms. The smallest absolute Gasteiger partial charge is 0.270 e. The van der Waals surface area contributed by atoms with Crippen LogP contribution < -0.4 is 10.2 Å². The van der Waals surface area contributed by atoms with Crippen molar-refractivity contribution in [1.82, 2.24) is 9.97 Å². The van der Waals surface area contributed by atoms with Crippen LogP contribution in [0.1, 0.15) is 36.7 Å². The normalized spacial score (nSPS) is 15.4. The molecule has 0 aliphatic carbocycles. The molecular formula is C24H20F4N4O2. The Morgan fingerprint density at radius 1 is 1.18 bits per heavy atom. The molecule has 6 nitrogen and oxygen atoms in total. The summed E-state index contributed by atoms with van der Waals surface area (Å²) in [4.78, 5) is 35.0. The first-order valence-corrected chi connectivity index (χ1v) is 10.4. The number of hydrogen-bond donors (Lipinski definition) is 1. The van der Waals surface area contributed by atoms with Gasteiger partial charge < -0.3 is 10.2 Å². The van der Waals surface area contributed by atoms with E-state index in [0.29, 0.717) is 0 Å². The maximum atomic E-state index is 15.0. The predicted molar refractivity (Wildman–Crippen MR) is 118 cm³/mol. The van der Waals surface area contributed by atoms with E-state index in [-0.39, 0.29) is 39.5 Å². The number of alkyl halides is 2. The number of pyridine rings is 2. The summed E-state index contributed by atoms with van der Waals surface area (Å²) in [5.41, 5.74) is 0.461. The third-order valence-corrected chi connectivity index (χ3v) is 5.55. The molecule has 176 valence electrons. The molecule has 2 aromatic heterocycles. The lowest BCUT2D eigenvalue weighted by Gasteiger charge is -2.24. The fourth-order valence-corrected chi connectivity index (χ4v) is 3.90. The first-order valence-electron chi connectivity index (χ1n) is 10.4. The molecule has 0 spiro atoms. The topological polar surface area (TPSA) is 75.2 Å². The van der Waals surface area contributed by atoms with Crippen molar-refractivity contribution >= 4 is 23.2 Å². The Morgan fingerprint density at radius 2 is 1.85 bits per heavy atom. The number of aryl methyl sites for hydroxylation is 1. The molecule has 1 aliphatic rings. The van der Waals surface area contributed by atoms with Crippen molar-refractivity contribution in [3.8, 4) is 11.1 Å². The van der Waals surface area contributed by atoms with Crippen LogP contribution in [0.15, 0.2) is 42.6 Å². The molecule has 0 fully saturated rings. The minimum Gasteiger partial charge on any atom is -0.325 e. The van der Waals surface area contributed by atoms with Gasteiger partial charge in [-0.05, 0) is 38.1 Å². The Balaban J connectivity index is 1.70. The summed E-state index contributed by atoms with van der Waals surface area (Å²) in [7, 11) is 0. The molecule has 0 saturated carbocycles. The van der Waals surface area contributed by atoms with Gasteiger partial charge in [-0.3, -0.25) is 14.6 Å². The maximum Gasteiger partial charge on any atom is 0.270 e. The Labute approximate surface area is 192 Å². The second kappa shape index (κ2) is 8.51. The van der Waals surface area contributed by atoms with Crippen LogP contribution in [0.2, 0.25) is 0 Å². The molecule has 0 radical (unpaired) electrons. The zero-order valence-electron chi connectivity index (χ0n) is 18.5. The molecule has 2 amide bonds. The second-order valence-electron chi connectivity index (χ2n) is 8.19. The minimum atomic E-state index is -3.03. The number of anilines is 2. The van der Waals surface area contributed by atoms with Gasteiger partial charge in [0.25, 0.3) is 5.92 Å². The van der Waals surface area contributed by atoms with Crippen molar-refractivity contribution in [3.05, 3.63) is 71.3 Å². The van der Waals surface area contributed by atoms with Crippen LogP contribution in [0.4, 0.5) is 28.9 Å². The maximum absolute atomic E-state index is 15.0. The van der Waals surface area contributed by atoms with Crippen LogP contribution in [-0.2, 0) is 15.5 Å². The molecule has 3 aromatic rings. The van der Waals surface area contributed by atoms with Gasteiger partial charge in [-0.2, -0.15) is 4.39 Å². The Bertz CT molecular complexity index is 1290. The van der Waals surface area contributed by atoms with E-state index < -0.39 is 42.0 Å². The summed E-state index contributed by atoms with van der Waals surface area (Å²) >= 11 is 0. The molecule has 10 heteroatoms. The Morgan fingerprint density at radius 3 is 2.50 bits per heavy atom.